The summed E-state index contributed by atoms with van der Waals surface area (Å²) in [5, 5.41) is -0.412. The van der Waals surface area contributed by atoms with E-state index in [1.165, 1.54) is 19.2 Å². The number of methoxy groups -OCH3 is 1. The summed E-state index contributed by atoms with van der Waals surface area (Å²) >= 11 is 6.02. The number of hydrogen-bond donors (Lipinski definition) is 1. The molecule has 2 N–H and O–H groups in total. The van der Waals surface area contributed by atoms with Crippen molar-refractivity contribution in [3.63, 3.8) is 0 Å². The van der Waals surface area contributed by atoms with Gasteiger partial charge < -0.3 is 24.1 Å². The summed E-state index contributed by atoms with van der Waals surface area (Å²) in [6.07, 6.45) is -2.04. The Morgan fingerprint density at radius 3 is 2.50 bits per heavy atom. The third-order valence-corrected chi connectivity index (χ3v) is 7.37. The maximum Gasteiger partial charge on any atom is 0.421 e. The molecule has 15 heteroatoms. The molecule has 1 heterocycles. The molecule has 10 nitrogen and oxygen atoms in total. The largest absolute Gasteiger partial charge is 0.491 e. The fourth-order valence-corrected chi connectivity index (χ4v) is 5.31. The number of nitrogens with two attached hydrogens (primary N) is 1. The maximum absolute atomic E-state index is 13.0. The highest BCUT2D eigenvalue weighted by Crippen LogP contribution is 2.37. The second-order valence-corrected chi connectivity index (χ2v) is 10.3. The number of primary amides is 1. The molecular formula is C23H27ClF3N3O7S. The van der Waals surface area contributed by atoms with Gasteiger partial charge in [0.1, 0.15) is 23.1 Å². The van der Waals surface area contributed by atoms with Gasteiger partial charge in [-0.15, -0.1) is 0 Å². The van der Waals surface area contributed by atoms with Crippen LogP contribution in [0, 0.1) is 0 Å². The third kappa shape index (κ3) is 8.09. The second kappa shape index (κ2) is 12.8. The van der Waals surface area contributed by atoms with Crippen molar-refractivity contribution >= 4 is 28.0 Å². The fraction of sp³-hybridized carbons (Fsp3) is 0.478. The van der Waals surface area contributed by atoms with Crippen LogP contribution in [0.5, 0.6) is 17.4 Å². The lowest BCUT2D eigenvalue weighted by atomic mass is 9.95. The Morgan fingerprint density at radius 1 is 1.18 bits per heavy atom. The van der Waals surface area contributed by atoms with Gasteiger partial charge in [0.2, 0.25) is 5.88 Å². The van der Waals surface area contributed by atoms with Gasteiger partial charge in [0.05, 0.1) is 12.2 Å². The molecule has 210 valence electrons. The summed E-state index contributed by atoms with van der Waals surface area (Å²) in [4.78, 5) is 15.0. The van der Waals surface area contributed by atoms with E-state index < -0.39 is 39.2 Å². The van der Waals surface area contributed by atoms with Crippen LogP contribution in [0.1, 0.15) is 43.2 Å². The van der Waals surface area contributed by atoms with E-state index in [4.69, 9.17) is 31.5 Å². The Morgan fingerprint density at radius 2 is 1.89 bits per heavy atom. The zero-order chi connectivity index (χ0) is 27.9. The van der Waals surface area contributed by atoms with Gasteiger partial charge in [-0.25, -0.2) is 9.78 Å². The monoisotopic (exact) mass is 581 g/mol. The molecular weight excluding hydrogens is 555 g/mol. The molecule has 1 aromatic heterocycles. The Kier molecular flexibility index (Phi) is 10.0. The smallest absolute Gasteiger partial charge is 0.421 e. The van der Waals surface area contributed by atoms with Crippen LogP contribution in [-0.2, 0) is 31.9 Å². The number of amides is 1. The summed E-state index contributed by atoms with van der Waals surface area (Å²) in [6.45, 7) is 0.165. The number of carbonyl (C=O) groups is 1. The number of ether oxygens (including phenoxy) is 3. The minimum Gasteiger partial charge on any atom is -0.491 e. The van der Waals surface area contributed by atoms with E-state index in [0.717, 1.165) is 23.6 Å². The Bertz CT molecular complexity index is 1230. The van der Waals surface area contributed by atoms with E-state index >= 15 is 0 Å². The SMILES string of the molecule is COCCOc1ccc(CN(C2CCCCC2)S(=O)(=O)OC(N)=O)c(Oc2ncc(C(F)(F)F)cc2Cl)c1. The summed E-state index contributed by atoms with van der Waals surface area (Å²) in [7, 11) is -3.08. The van der Waals surface area contributed by atoms with Gasteiger partial charge in [-0.3, -0.25) is 0 Å². The average Bonchev–Trinajstić information content (AvgIpc) is 2.84. The highest BCUT2D eigenvalue weighted by Gasteiger charge is 2.35. The molecule has 0 atom stereocenters. The number of halogens is 4. The number of aromatic nitrogens is 1. The maximum atomic E-state index is 13.0. The van der Waals surface area contributed by atoms with Crippen LogP contribution in [0.3, 0.4) is 0 Å². The zero-order valence-electron chi connectivity index (χ0n) is 20.4. The molecule has 0 saturated heterocycles. The number of benzene rings is 1. The van der Waals surface area contributed by atoms with E-state index in [1.807, 2.05) is 0 Å². The molecule has 2 aromatic rings. The molecule has 1 fully saturated rings. The lowest BCUT2D eigenvalue weighted by Gasteiger charge is -2.32. The van der Waals surface area contributed by atoms with Crippen molar-refractivity contribution < 1.29 is 44.8 Å². The van der Waals surface area contributed by atoms with Crippen molar-refractivity contribution in [1.82, 2.24) is 9.29 Å². The van der Waals surface area contributed by atoms with E-state index in [-0.39, 0.29) is 37.0 Å². The first-order valence-electron chi connectivity index (χ1n) is 11.6. The summed E-state index contributed by atoms with van der Waals surface area (Å²) in [6, 6.07) is 4.68. The normalized spacial score (nSPS) is 14.9. The van der Waals surface area contributed by atoms with Crippen LogP contribution in [0.2, 0.25) is 5.02 Å². The van der Waals surface area contributed by atoms with Crippen molar-refractivity contribution in [2.45, 2.75) is 50.9 Å². The molecule has 0 bridgehead atoms. The number of nitrogens with zero attached hydrogens (tertiary/aromatic N) is 2. The number of pyridine rings is 1. The molecule has 1 amide bonds. The molecule has 38 heavy (non-hydrogen) atoms. The lowest BCUT2D eigenvalue weighted by Crippen LogP contribution is -2.43. The standard InChI is InChI=1S/C23H27ClF3N3O7S/c1-34-9-10-35-18-8-7-15(14-30(17-5-3-2-4-6-17)38(32,33)37-22(28)31)20(12-18)36-21-19(24)11-16(13-29-21)23(25,26)27/h7-8,11-13,17H,2-6,9-10,14H2,1H3,(H2,28,31). The van der Waals surface area contributed by atoms with Crippen LogP contribution in [0.25, 0.3) is 0 Å². The van der Waals surface area contributed by atoms with E-state index in [0.29, 0.717) is 30.9 Å². The minimum absolute atomic E-state index is 0.0177. The van der Waals surface area contributed by atoms with Crippen LogP contribution in [0.15, 0.2) is 30.5 Å². The molecule has 1 aliphatic carbocycles. The second-order valence-electron chi connectivity index (χ2n) is 8.42. The molecule has 0 aliphatic heterocycles. The van der Waals surface area contributed by atoms with Gasteiger partial charge >= 0.3 is 22.6 Å². The summed E-state index contributed by atoms with van der Waals surface area (Å²) < 4.78 is 86.8. The van der Waals surface area contributed by atoms with Gasteiger partial charge in [-0.2, -0.15) is 25.9 Å². The predicted octanol–water partition coefficient (Wildman–Crippen LogP) is 5.05. The fourth-order valence-electron chi connectivity index (χ4n) is 3.93. The number of rotatable bonds is 11. The van der Waals surface area contributed by atoms with Crippen LogP contribution in [-0.4, -0.2) is 50.2 Å². The van der Waals surface area contributed by atoms with Crippen LogP contribution < -0.4 is 15.2 Å². The highest BCUT2D eigenvalue weighted by atomic mass is 35.5. The van der Waals surface area contributed by atoms with Gasteiger partial charge in [0.25, 0.3) is 0 Å². The first-order chi connectivity index (χ1) is 17.9. The van der Waals surface area contributed by atoms with Crippen molar-refractivity contribution in [2.24, 2.45) is 5.73 Å². The minimum atomic E-state index is -4.66. The Hall–Kier alpha value is -2.81. The molecule has 1 aromatic carbocycles. The first-order valence-corrected chi connectivity index (χ1v) is 13.3. The topological polar surface area (TPSA) is 130 Å². The van der Waals surface area contributed by atoms with E-state index in [2.05, 4.69) is 9.17 Å². The number of carbonyl (C=O) groups excluding carboxylic acids is 1. The van der Waals surface area contributed by atoms with Gasteiger partial charge in [0, 0.05) is 37.5 Å². The van der Waals surface area contributed by atoms with Gasteiger partial charge in [-0.05, 0) is 25.0 Å². The molecule has 0 spiro atoms. The highest BCUT2D eigenvalue weighted by molar-refractivity contribution is 7.84. The molecule has 1 saturated carbocycles. The van der Waals surface area contributed by atoms with Gasteiger partial charge in [-0.1, -0.05) is 36.9 Å². The summed E-state index contributed by atoms with van der Waals surface area (Å²) in [5.74, 6) is -0.0103. The van der Waals surface area contributed by atoms with Crippen molar-refractivity contribution in [3.05, 3.63) is 46.6 Å². The number of alkyl halides is 3. The molecule has 0 unspecified atom stereocenters. The first kappa shape index (κ1) is 29.7. The quantitative estimate of drug-likeness (QED) is 0.365. The Labute approximate surface area is 223 Å². The van der Waals surface area contributed by atoms with E-state index in [1.54, 1.807) is 6.07 Å². The predicted molar refractivity (Wildman–Crippen MR) is 130 cm³/mol. The molecule has 1 aliphatic rings. The lowest BCUT2D eigenvalue weighted by molar-refractivity contribution is -0.137. The third-order valence-electron chi connectivity index (χ3n) is 5.72. The van der Waals surface area contributed by atoms with E-state index in [9.17, 15) is 26.4 Å². The van der Waals surface area contributed by atoms with Crippen LogP contribution >= 0.6 is 11.6 Å². The molecule has 0 radical (unpaired) electrons. The van der Waals surface area contributed by atoms with Gasteiger partial charge in [0.15, 0.2) is 0 Å². The zero-order valence-corrected chi connectivity index (χ0v) is 21.9. The van der Waals surface area contributed by atoms with Crippen molar-refractivity contribution in [1.29, 1.82) is 0 Å². The molecule has 3 rings (SSSR count). The summed E-state index contributed by atoms with van der Waals surface area (Å²) in [5.41, 5.74) is 4.20. The Balaban J connectivity index is 1.99. The van der Waals surface area contributed by atoms with Crippen molar-refractivity contribution in [3.8, 4) is 17.4 Å². The van der Waals surface area contributed by atoms with Crippen LogP contribution in [0.4, 0.5) is 18.0 Å². The number of hydrogen-bond acceptors (Lipinski definition) is 8. The average molecular weight is 582 g/mol. The van der Waals surface area contributed by atoms with Crippen molar-refractivity contribution in [2.75, 3.05) is 20.3 Å².